The highest BCUT2D eigenvalue weighted by atomic mass is 32.2. The van der Waals surface area contributed by atoms with Gasteiger partial charge in [-0.3, -0.25) is 4.79 Å². The number of aromatic nitrogens is 2. The lowest BCUT2D eigenvalue weighted by Gasteiger charge is -2.18. The van der Waals surface area contributed by atoms with Gasteiger partial charge in [-0.05, 0) is 12.1 Å². The van der Waals surface area contributed by atoms with Gasteiger partial charge in [0.1, 0.15) is 12.4 Å². The summed E-state index contributed by atoms with van der Waals surface area (Å²) in [5.41, 5.74) is 0.297. The molecular weight excluding hydrogens is 336 g/mol. The van der Waals surface area contributed by atoms with E-state index in [2.05, 4.69) is 9.97 Å². The standard InChI is InChI=1S/C16H15F2N3O2S/c17-16(18)24-13-4-2-1-3-12(13)15(22)21-8-6-11(9-21)23-14-5-7-19-10-20-14/h1-5,7,10-11,16H,6,8-9H2/t11-/m0/s1. The normalized spacial score (nSPS) is 17.3. The Bertz CT molecular complexity index is 703. The second kappa shape index (κ2) is 7.57. The number of carbonyl (C=O) groups is 1. The largest absolute Gasteiger partial charge is 0.472 e. The van der Waals surface area contributed by atoms with E-state index in [9.17, 15) is 13.6 Å². The van der Waals surface area contributed by atoms with E-state index in [1.165, 1.54) is 12.4 Å². The highest BCUT2D eigenvalue weighted by Gasteiger charge is 2.30. The van der Waals surface area contributed by atoms with Crippen molar-refractivity contribution in [2.45, 2.75) is 23.2 Å². The lowest BCUT2D eigenvalue weighted by Crippen LogP contribution is -2.31. The number of benzene rings is 1. The molecule has 1 amide bonds. The number of amides is 1. The van der Waals surface area contributed by atoms with Crippen LogP contribution in [-0.4, -0.2) is 45.7 Å². The molecule has 24 heavy (non-hydrogen) atoms. The van der Waals surface area contributed by atoms with Crippen LogP contribution in [0.1, 0.15) is 16.8 Å². The summed E-state index contributed by atoms with van der Waals surface area (Å²) in [5.74, 6) is -2.36. The summed E-state index contributed by atoms with van der Waals surface area (Å²) >= 11 is 0.387. The van der Waals surface area contributed by atoms with Crippen molar-refractivity contribution in [3.63, 3.8) is 0 Å². The van der Waals surface area contributed by atoms with Crippen molar-refractivity contribution >= 4 is 17.7 Å². The van der Waals surface area contributed by atoms with Gasteiger partial charge in [-0.15, -0.1) is 0 Å². The van der Waals surface area contributed by atoms with E-state index in [0.717, 1.165) is 0 Å². The molecule has 2 heterocycles. The first-order valence-corrected chi connectivity index (χ1v) is 8.27. The van der Waals surface area contributed by atoms with Crippen molar-refractivity contribution in [1.82, 2.24) is 14.9 Å². The van der Waals surface area contributed by atoms with Gasteiger partial charge in [0.05, 0.1) is 12.1 Å². The zero-order valence-electron chi connectivity index (χ0n) is 12.6. The Labute approximate surface area is 142 Å². The highest BCUT2D eigenvalue weighted by Crippen LogP contribution is 2.30. The number of likely N-dealkylation sites (tertiary alicyclic amines) is 1. The van der Waals surface area contributed by atoms with Gasteiger partial charge in [0.2, 0.25) is 5.88 Å². The second-order valence-corrected chi connectivity index (χ2v) is 6.23. The zero-order valence-corrected chi connectivity index (χ0v) is 13.5. The van der Waals surface area contributed by atoms with Crippen LogP contribution in [0.3, 0.4) is 0 Å². The van der Waals surface area contributed by atoms with E-state index < -0.39 is 5.76 Å². The molecule has 5 nitrogen and oxygen atoms in total. The highest BCUT2D eigenvalue weighted by molar-refractivity contribution is 7.99. The number of alkyl halides is 2. The Balaban J connectivity index is 1.66. The first-order valence-electron chi connectivity index (χ1n) is 7.39. The van der Waals surface area contributed by atoms with Crippen molar-refractivity contribution in [2.24, 2.45) is 0 Å². The van der Waals surface area contributed by atoms with Gasteiger partial charge < -0.3 is 9.64 Å². The molecule has 1 saturated heterocycles. The minimum absolute atomic E-state index is 0.168. The Morgan fingerprint density at radius 3 is 2.92 bits per heavy atom. The smallest absolute Gasteiger partial charge is 0.288 e. The molecule has 1 aliphatic heterocycles. The average molecular weight is 351 g/mol. The van der Waals surface area contributed by atoms with Crippen molar-refractivity contribution in [3.8, 4) is 5.88 Å². The third-order valence-corrected chi connectivity index (χ3v) is 4.40. The second-order valence-electron chi connectivity index (χ2n) is 5.20. The van der Waals surface area contributed by atoms with Crippen LogP contribution in [0.5, 0.6) is 5.88 Å². The number of halogens is 2. The summed E-state index contributed by atoms with van der Waals surface area (Å²) in [7, 11) is 0. The monoisotopic (exact) mass is 351 g/mol. The Morgan fingerprint density at radius 2 is 2.17 bits per heavy atom. The van der Waals surface area contributed by atoms with Gasteiger partial charge in [0, 0.05) is 30.1 Å². The summed E-state index contributed by atoms with van der Waals surface area (Å²) in [5, 5.41) is 0. The molecule has 1 atom stereocenters. The Kier molecular flexibility index (Phi) is 5.24. The number of nitrogens with zero attached hydrogens (tertiary/aromatic N) is 3. The molecule has 0 N–H and O–H groups in total. The van der Waals surface area contributed by atoms with Gasteiger partial charge in [-0.2, -0.15) is 8.78 Å². The van der Waals surface area contributed by atoms with E-state index in [0.29, 0.717) is 42.7 Å². The van der Waals surface area contributed by atoms with E-state index in [-0.39, 0.29) is 16.9 Å². The molecule has 3 rings (SSSR count). The maximum Gasteiger partial charge on any atom is 0.288 e. The summed E-state index contributed by atoms with van der Waals surface area (Å²) in [4.78, 5) is 22.4. The first kappa shape index (κ1) is 16.6. The molecule has 0 spiro atoms. The molecule has 1 fully saturated rings. The van der Waals surface area contributed by atoms with Gasteiger partial charge in [0.25, 0.3) is 11.7 Å². The molecule has 1 aromatic carbocycles. The fraction of sp³-hybridized carbons (Fsp3) is 0.312. The van der Waals surface area contributed by atoms with Gasteiger partial charge in [-0.25, -0.2) is 9.97 Å². The molecular formula is C16H15F2N3O2S. The molecule has 1 aromatic heterocycles. The Morgan fingerprint density at radius 1 is 1.33 bits per heavy atom. The predicted octanol–water partition coefficient (Wildman–Crippen LogP) is 3.08. The van der Waals surface area contributed by atoms with Crippen LogP contribution in [0.4, 0.5) is 8.78 Å². The molecule has 8 heteroatoms. The fourth-order valence-corrected chi connectivity index (χ4v) is 3.17. The maximum atomic E-state index is 12.7. The predicted molar refractivity (Wildman–Crippen MR) is 85.3 cm³/mol. The summed E-state index contributed by atoms with van der Waals surface area (Å²) in [6.07, 6.45) is 3.47. The molecule has 0 aliphatic carbocycles. The molecule has 0 radical (unpaired) electrons. The van der Waals surface area contributed by atoms with Crippen LogP contribution in [-0.2, 0) is 0 Å². The van der Waals surface area contributed by atoms with Crippen LogP contribution in [0.2, 0.25) is 0 Å². The average Bonchev–Trinajstić information content (AvgIpc) is 3.03. The van der Waals surface area contributed by atoms with Crippen molar-refractivity contribution < 1.29 is 18.3 Å². The topological polar surface area (TPSA) is 55.3 Å². The van der Waals surface area contributed by atoms with E-state index in [1.54, 1.807) is 35.4 Å². The minimum Gasteiger partial charge on any atom is -0.472 e. The van der Waals surface area contributed by atoms with E-state index in [4.69, 9.17) is 4.74 Å². The lowest BCUT2D eigenvalue weighted by molar-refractivity contribution is 0.0767. The van der Waals surface area contributed by atoms with Gasteiger partial charge >= 0.3 is 0 Å². The zero-order chi connectivity index (χ0) is 16.9. The van der Waals surface area contributed by atoms with Gasteiger partial charge in [0.15, 0.2) is 0 Å². The third kappa shape index (κ3) is 4.00. The molecule has 1 aliphatic rings. The third-order valence-electron chi connectivity index (χ3n) is 3.61. The molecule has 2 aromatic rings. The van der Waals surface area contributed by atoms with Crippen LogP contribution in [0, 0.1) is 0 Å². The number of hydrogen-bond acceptors (Lipinski definition) is 5. The first-order chi connectivity index (χ1) is 11.6. The van der Waals surface area contributed by atoms with Crippen molar-refractivity contribution in [3.05, 3.63) is 48.4 Å². The van der Waals surface area contributed by atoms with Crippen molar-refractivity contribution in [2.75, 3.05) is 13.1 Å². The van der Waals surface area contributed by atoms with Crippen molar-refractivity contribution in [1.29, 1.82) is 0 Å². The summed E-state index contributed by atoms with van der Waals surface area (Å²) in [6, 6.07) is 8.08. The van der Waals surface area contributed by atoms with Crippen LogP contribution in [0.15, 0.2) is 47.8 Å². The van der Waals surface area contributed by atoms with E-state index >= 15 is 0 Å². The van der Waals surface area contributed by atoms with Gasteiger partial charge in [-0.1, -0.05) is 23.9 Å². The lowest BCUT2D eigenvalue weighted by atomic mass is 10.2. The Hall–Kier alpha value is -2.22. The van der Waals surface area contributed by atoms with Crippen LogP contribution < -0.4 is 4.74 Å². The summed E-state index contributed by atoms with van der Waals surface area (Å²) in [6.45, 7) is 0.915. The summed E-state index contributed by atoms with van der Waals surface area (Å²) < 4.78 is 31.0. The molecule has 0 saturated carbocycles. The molecule has 126 valence electrons. The van der Waals surface area contributed by atoms with Crippen LogP contribution >= 0.6 is 11.8 Å². The maximum absolute atomic E-state index is 12.7. The number of carbonyl (C=O) groups excluding carboxylic acids is 1. The SMILES string of the molecule is O=C(c1ccccc1SC(F)F)N1CC[C@H](Oc2ccncn2)C1. The minimum atomic E-state index is -2.56. The van der Waals surface area contributed by atoms with E-state index in [1.807, 2.05) is 0 Å². The quantitative estimate of drug-likeness (QED) is 0.775. The number of hydrogen-bond donors (Lipinski definition) is 0. The molecule has 0 bridgehead atoms. The van der Waals surface area contributed by atoms with Crippen LogP contribution in [0.25, 0.3) is 0 Å². The fourth-order valence-electron chi connectivity index (χ4n) is 2.54. The number of thioether (sulfide) groups is 1. The number of rotatable bonds is 5. The molecule has 0 unspecified atom stereocenters. The number of ether oxygens (including phenoxy) is 1.